The van der Waals surface area contributed by atoms with Crippen molar-refractivity contribution in [3.63, 3.8) is 0 Å². The average Bonchev–Trinajstić information content (AvgIpc) is 2.60. The Bertz CT molecular complexity index is 470. The Hall–Kier alpha value is -1.14. The molecule has 2 bridgehead atoms. The fourth-order valence-electron chi connectivity index (χ4n) is 5.18. The van der Waals surface area contributed by atoms with E-state index in [-0.39, 0.29) is 17.9 Å². The van der Waals surface area contributed by atoms with Gasteiger partial charge in [-0.25, -0.2) is 0 Å². The molecule has 3 aliphatic rings. The number of nitrogens with two attached hydrogens (primary N) is 2. The van der Waals surface area contributed by atoms with Crippen molar-refractivity contribution in [1.82, 2.24) is 10.2 Å². The van der Waals surface area contributed by atoms with Gasteiger partial charge in [0.15, 0.2) is 0 Å². The molecule has 6 nitrogen and oxygen atoms in total. The van der Waals surface area contributed by atoms with Gasteiger partial charge in [0.1, 0.15) is 0 Å². The summed E-state index contributed by atoms with van der Waals surface area (Å²) in [5.74, 6) is 1.47. The van der Waals surface area contributed by atoms with Crippen molar-refractivity contribution >= 4 is 11.8 Å². The van der Waals surface area contributed by atoms with Gasteiger partial charge in [-0.3, -0.25) is 9.59 Å². The third-order valence-corrected chi connectivity index (χ3v) is 6.58. The molecule has 5 N–H and O–H groups in total. The number of rotatable bonds is 5. The van der Waals surface area contributed by atoms with Gasteiger partial charge in [0, 0.05) is 44.1 Å². The smallest absolute Gasteiger partial charge is 0.226 e. The summed E-state index contributed by atoms with van der Waals surface area (Å²) < 4.78 is 0. The molecule has 3 unspecified atom stereocenters. The molecule has 0 aromatic carbocycles. The summed E-state index contributed by atoms with van der Waals surface area (Å²) in [6.07, 6.45) is 9.07. The lowest BCUT2D eigenvalue weighted by Gasteiger charge is -2.46. The maximum atomic E-state index is 13.2. The maximum absolute atomic E-state index is 13.2. The van der Waals surface area contributed by atoms with E-state index >= 15 is 0 Å². The Morgan fingerprint density at radius 1 is 1.04 bits per heavy atom. The highest BCUT2D eigenvalue weighted by atomic mass is 16.2. The van der Waals surface area contributed by atoms with E-state index in [1.165, 1.54) is 19.3 Å². The number of likely N-dealkylation sites (tertiary alicyclic amines) is 1. The summed E-state index contributed by atoms with van der Waals surface area (Å²) in [6, 6.07) is 0.434. The predicted octanol–water partition coefficient (Wildman–Crippen LogP) is 0.986. The van der Waals surface area contributed by atoms with E-state index < -0.39 is 0 Å². The largest absolute Gasteiger partial charge is 0.354 e. The Labute approximate surface area is 151 Å². The van der Waals surface area contributed by atoms with Gasteiger partial charge in [-0.05, 0) is 56.8 Å². The molecule has 2 amide bonds. The highest BCUT2D eigenvalue weighted by Crippen LogP contribution is 2.42. The number of hydrogen-bond donors (Lipinski definition) is 3. The number of amides is 2. The van der Waals surface area contributed by atoms with E-state index in [9.17, 15) is 9.59 Å². The van der Waals surface area contributed by atoms with Crippen molar-refractivity contribution in [3.05, 3.63) is 0 Å². The van der Waals surface area contributed by atoms with Crippen LogP contribution >= 0.6 is 0 Å². The summed E-state index contributed by atoms with van der Waals surface area (Å²) >= 11 is 0. The van der Waals surface area contributed by atoms with Crippen molar-refractivity contribution in [3.8, 4) is 0 Å². The van der Waals surface area contributed by atoms with Crippen LogP contribution in [0.2, 0.25) is 0 Å². The lowest BCUT2D eigenvalue weighted by molar-refractivity contribution is -0.142. The quantitative estimate of drug-likeness (QED) is 0.688. The zero-order chi connectivity index (χ0) is 17.8. The van der Waals surface area contributed by atoms with Crippen molar-refractivity contribution < 1.29 is 9.59 Å². The van der Waals surface area contributed by atoms with Gasteiger partial charge in [0.25, 0.3) is 0 Å². The van der Waals surface area contributed by atoms with Gasteiger partial charge in [0.2, 0.25) is 11.8 Å². The SMILES string of the molecule is NCCC(=O)NCC1CCCCN1C(=O)C1CC2CCCC(C1)C2N. The first-order valence-electron chi connectivity index (χ1n) is 10.1. The van der Waals surface area contributed by atoms with Crippen molar-refractivity contribution in [2.24, 2.45) is 29.2 Å². The van der Waals surface area contributed by atoms with Gasteiger partial charge in [-0.15, -0.1) is 0 Å². The highest BCUT2D eigenvalue weighted by molar-refractivity contribution is 5.80. The van der Waals surface area contributed by atoms with Crippen molar-refractivity contribution in [2.45, 2.75) is 69.9 Å². The second-order valence-electron chi connectivity index (χ2n) is 8.22. The molecule has 1 saturated heterocycles. The zero-order valence-electron chi connectivity index (χ0n) is 15.3. The summed E-state index contributed by atoms with van der Waals surface area (Å²) in [4.78, 5) is 27.0. The molecular weight excluding hydrogens is 316 g/mol. The van der Waals surface area contributed by atoms with Crippen LogP contribution < -0.4 is 16.8 Å². The van der Waals surface area contributed by atoms with Gasteiger partial charge in [-0.2, -0.15) is 0 Å². The normalized spacial score (nSPS) is 35.3. The third-order valence-electron chi connectivity index (χ3n) is 6.58. The first kappa shape index (κ1) is 18.6. The number of piperidine rings is 1. The predicted molar refractivity (Wildman–Crippen MR) is 97.6 cm³/mol. The van der Waals surface area contributed by atoms with E-state index in [0.29, 0.717) is 43.3 Å². The first-order chi connectivity index (χ1) is 12.1. The summed E-state index contributed by atoms with van der Waals surface area (Å²) in [7, 11) is 0. The van der Waals surface area contributed by atoms with Crippen LogP contribution in [0.4, 0.5) is 0 Å². The molecule has 0 aromatic rings. The topological polar surface area (TPSA) is 101 Å². The highest BCUT2D eigenvalue weighted by Gasteiger charge is 2.42. The van der Waals surface area contributed by atoms with Gasteiger partial charge >= 0.3 is 0 Å². The molecule has 25 heavy (non-hydrogen) atoms. The fourth-order valence-corrected chi connectivity index (χ4v) is 5.18. The molecule has 0 aromatic heterocycles. The van der Waals surface area contributed by atoms with Gasteiger partial charge in [-0.1, -0.05) is 6.42 Å². The monoisotopic (exact) mass is 350 g/mol. The molecule has 3 rings (SSSR count). The second kappa shape index (κ2) is 8.49. The van der Waals surface area contributed by atoms with E-state index in [1.54, 1.807) is 0 Å². The molecule has 6 heteroatoms. The van der Waals surface area contributed by atoms with Crippen molar-refractivity contribution in [2.75, 3.05) is 19.6 Å². The second-order valence-corrected chi connectivity index (χ2v) is 8.22. The Morgan fingerprint density at radius 3 is 2.44 bits per heavy atom. The minimum absolute atomic E-state index is 0.0151. The number of carbonyl (C=O) groups is 2. The number of carbonyl (C=O) groups excluding carboxylic acids is 2. The van der Waals surface area contributed by atoms with Gasteiger partial charge in [0.05, 0.1) is 0 Å². The summed E-state index contributed by atoms with van der Waals surface area (Å²) in [5, 5.41) is 2.96. The van der Waals surface area contributed by atoms with Gasteiger partial charge < -0.3 is 21.7 Å². The van der Waals surface area contributed by atoms with E-state index in [4.69, 9.17) is 11.5 Å². The van der Waals surface area contributed by atoms with Crippen LogP contribution in [0.5, 0.6) is 0 Å². The molecule has 142 valence electrons. The number of fused-ring (bicyclic) bond motifs is 2. The molecule has 1 aliphatic heterocycles. The molecule has 0 spiro atoms. The van der Waals surface area contributed by atoms with Crippen LogP contribution in [-0.4, -0.2) is 48.4 Å². The molecule has 0 radical (unpaired) electrons. The van der Waals surface area contributed by atoms with Crippen LogP contribution in [0, 0.1) is 17.8 Å². The van der Waals surface area contributed by atoms with E-state index in [0.717, 1.165) is 38.6 Å². The van der Waals surface area contributed by atoms with Crippen LogP contribution in [-0.2, 0) is 9.59 Å². The minimum atomic E-state index is -0.0151. The summed E-state index contributed by atoms with van der Waals surface area (Å²) in [6.45, 7) is 1.75. The van der Waals surface area contributed by atoms with Crippen LogP contribution in [0.15, 0.2) is 0 Å². The molecule has 3 atom stereocenters. The van der Waals surface area contributed by atoms with E-state index in [1.807, 2.05) is 0 Å². The Balaban J connectivity index is 1.59. The molecule has 2 saturated carbocycles. The lowest BCUT2D eigenvalue weighted by atomic mass is 9.64. The lowest BCUT2D eigenvalue weighted by Crippen LogP contribution is -2.54. The molecule has 2 aliphatic carbocycles. The molecule has 3 fully saturated rings. The Morgan fingerprint density at radius 2 is 1.76 bits per heavy atom. The Kier molecular flexibility index (Phi) is 6.34. The molecule has 1 heterocycles. The maximum Gasteiger partial charge on any atom is 0.226 e. The van der Waals surface area contributed by atoms with Crippen molar-refractivity contribution in [1.29, 1.82) is 0 Å². The zero-order valence-corrected chi connectivity index (χ0v) is 15.3. The molecular formula is C19H34N4O2. The van der Waals surface area contributed by atoms with E-state index in [2.05, 4.69) is 10.2 Å². The summed E-state index contributed by atoms with van der Waals surface area (Å²) in [5.41, 5.74) is 11.8. The first-order valence-corrected chi connectivity index (χ1v) is 10.1. The number of nitrogens with one attached hydrogen (secondary N) is 1. The standard InChI is InChI=1S/C19H34N4O2/c20-8-7-17(24)22-12-16-6-1-2-9-23(16)19(25)15-10-13-4-3-5-14(11-15)18(13)21/h13-16,18H,1-12,20-21H2,(H,22,24). The minimum Gasteiger partial charge on any atom is -0.354 e. The van der Waals surface area contributed by atoms with Crippen LogP contribution in [0.25, 0.3) is 0 Å². The third kappa shape index (κ3) is 4.34. The number of nitrogens with zero attached hydrogens (tertiary/aromatic N) is 1. The fraction of sp³-hybridized carbons (Fsp3) is 0.895. The van der Waals surface area contributed by atoms with Crippen LogP contribution in [0.1, 0.15) is 57.8 Å². The number of hydrogen-bond acceptors (Lipinski definition) is 4. The van der Waals surface area contributed by atoms with Crippen LogP contribution in [0.3, 0.4) is 0 Å². The average molecular weight is 351 g/mol.